The molecule has 7 nitrogen and oxygen atoms in total. The van der Waals surface area contributed by atoms with E-state index in [4.69, 9.17) is 22.5 Å². The number of aromatic nitrogens is 2. The number of oxime groups is 1. The highest BCUT2D eigenvalue weighted by Crippen LogP contribution is 2.27. The van der Waals surface area contributed by atoms with Gasteiger partial charge < -0.3 is 15.8 Å². The van der Waals surface area contributed by atoms with Crippen LogP contribution in [-0.2, 0) is 6.54 Å². The fourth-order valence-corrected chi connectivity index (χ4v) is 2.56. The number of benzene rings is 1. The van der Waals surface area contributed by atoms with Gasteiger partial charge in [0, 0.05) is 12.1 Å². The first-order valence-corrected chi connectivity index (χ1v) is 6.50. The summed E-state index contributed by atoms with van der Waals surface area (Å²) in [4.78, 5) is 18.1. The van der Waals surface area contributed by atoms with Gasteiger partial charge in [-0.3, -0.25) is 9.36 Å². The van der Waals surface area contributed by atoms with Crippen LogP contribution in [0, 0.1) is 0 Å². The minimum Gasteiger partial charge on any atom is -0.409 e. The SMILES string of the molecule is CN1Cc2c(C(N)=NO)ncn2-c2ccc(Cl)cc2C1=O. The minimum atomic E-state index is -0.151. The maximum atomic E-state index is 12.4. The summed E-state index contributed by atoms with van der Waals surface area (Å²) in [5.74, 6) is -0.247. The number of nitrogens with zero attached hydrogens (tertiary/aromatic N) is 4. The zero-order chi connectivity index (χ0) is 15.1. The summed E-state index contributed by atoms with van der Waals surface area (Å²) < 4.78 is 1.75. The summed E-state index contributed by atoms with van der Waals surface area (Å²) in [6.07, 6.45) is 1.54. The molecule has 1 aromatic heterocycles. The molecule has 2 aromatic rings. The number of rotatable bonds is 1. The normalized spacial score (nSPS) is 14.7. The third kappa shape index (κ3) is 2.02. The Morgan fingerprint density at radius 2 is 2.29 bits per heavy atom. The van der Waals surface area contributed by atoms with E-state index in [1.54, 1.807) is 36.1 Å². The average Bonchev–Trinajstić information content (AvgIpc) is 2.85. The van der Waals surface area contributed by atoms with Crippen molar-refractivity contribution in [2.75, 3.05) is 7.05 Å². The van der Waals surface area contributed by atoms with Crippen LogP contribution < -0.4 is 5.73 Å². The molecule has 108 valence electrons. The lowest BCUT2D eigenvalue weighted by Crippen LogP contribution is -2.26. The van der Waals surface area contributed by atoms with Crippen LogP contribution in [-0.4, -0.2) is 38.4 Å². The van der Waals surface area contributed by atoms with E-state index in [2.05, 4.69) is 10.1 Å². The van der Waals surface area contributed by atoms with Gasteiger partial charge in [-0.05, 0) is 18.2 Å². The molecule has 1 aliphatic heterocycles. The van der Waals surface area contributed by atoms with Crippen molar-refractivity contribution in [2.45, 2.75) is 6.54 Å². The fourth-order valence-electron chi connectivity index (χ4n) is 2.39. The molecule has 0 atom stereocenters. The Kier molecular flexibility index (Phi) is 3.06. The highest BCUT2D eigenvalue weighted by molar-refractivity contribution is 6.31. The summed E-state index contributed by atoms with van der Waals surface area (Å²) in [5.41, 5.74) is 7.79. The van der Waals surface area contributed by atoms with Crippen LogP contribution in [0.5, 0.6) is 0 Å². The summed E-state index contributed by atoms with van der Waals surface area (Å²) in [6.45, 7) is 0.288. The van der Waals surface area contributed by atoms with Crippen molar-refractivity contribution >= 4 is 23.3 Å². The summed E-state index contributed by atoms with van der Waals surface area (Å²) in [7, 11) is 1.67. The molecule has 21 heavy (non-hydrogen) atoms. The molecule has 0 bridgehead atoms. The lowest BCUT2D eigenvalue weighted by molar-refractivity contribution is 0.0788. The van der Waals surface area contributed by atoms with Gasteiger partial charge in [0.25, 0.3) is 5.91 Å². The first-order chi connectivity index (χ1) is 10.0. The molecular weight excluding hydrogens is 294 g/mol. The largest absolute Gasteiger partial charge is 0.409 e. The maximum Gasteiger partial charge on any atom is 0.256 e. The lowest BCUT2D eigenvalue weighted by Gasteiger charge is -2.14. The van der Waals surface area contributed by atoms with E-state index in [9.17, 15) is 4.79 Å². The number of hydrogen-bond donors (Lipinski definition) is 2. The second kappa shape index (κ2) is 4.78. The van der Waals surface area contributed by atoms with E-state index in [0.29, 0.717) is 27.7 Å². The predicted molar refractivity (Wildman–Crippen MR) is 76.9 cm³/mol. The number of nitrogens with two attached hydrogens (primary N) is 1. The van der Waals surface area contributed by atoms with Crippen molar-refractivity contribution in [1.29, 1.82) is 0 Å². The van der Waals surface area contributed by atoms with Gasteiger partial charge in [0.2, 0.25) is 0 Å². The Balaban J connectivity index is 2.29. The van der Waals surface area contributed by atoms with Gasteiger partial charge in [0.15, 0.2) is 5.84 Å². The smallest absolute Gasteiger partial charge is 0.256 e. The van der Waals surface area contributed by atoms with Crippen molar-refractivity contribution in [1.82, 2.24) is 14.5 Å². The van der Waals surface area contributed by atoms with E-state index in [0.717, 1.165) is 0 Å². The van der Waals surface area contributed by atoms with Crippen LogP contribution in [0.2, 0.25) is 5.02 Å². The van der Waals surface area contributed by atoms with E-state index < -0.39 is 0 Å². The topological polar surface area (TPSA) is 96.7 Å². The Morgan fingerprint density at radius 3 is 3.00 bits per heavy atom. The molecule has 0 saturated heterocycles. The summed E-state index contributed by atoms with van der Waals surface area (Å²) in [6, 6.07) is 5.07. The molecule has 1 amide bonds. The third-order valence-corrected chi connectivity index (χ3v) is 3.63. The van der Waals surface area contributed by atoms with Crippen LogP contribution in [0.15, 0.2) is 29.7 Å². The zero-order valence-electron chi connectivity index (χ0n) is 11.1. The second-order valence-corrected chi connectivity index (χ2v) is 5.15. The molecule has 0 radical (unpaired) electrons. The van der Waals surface area contributed by atoms with Crippen molar-refractivity contribution in [2.24, 2.45) is 10.9 Å². The van der Waals surface area contributed by atoms with E-state index in [1.807, 2.05) is 0 Å². The molecule has 1 aromatic carbocycles. The van der Waals surface area contributed by atoms with Crippen LogP contribution >= 0.6 is 11.6 Å². The molecule has 8 heteroatoms. The van der Waals surface area contributed by atoms with Crippen molar-refractivity contribution < 1.29 is 10.0 Å². The Labute approximate surface area is 125 Å². The van der Waals surface area contributed by atoms with Gasteiger partial charge in [0.05, 0.1) is 23.5 Å². The van der Waals surface area contributed by atoms with Crippen LogP contribution in [0.4, 0.5) is 0 Å². The molecule has 0 aliphatic carbocycles. The molecule has 0 fully saturated rings. The van der Waals surface area contributed by atoms with Gasteiger partial charge in [-0.2, -0.15) is 0 Å². The third-order valence-electron chi connectivity index (χ3n) is 3.40. The molecule has 3 N–H and O–H groups in total. The highest BCUT2D eigenvalue weighted by atomic mass is 35.5. The Hall–Kier alpha value is -2.54. The number of halogens is 1. The zero-order valence-corrected chi connectivity index (χ0v) is 11.9. The number of amidine groups is 1. The number of hydrogen-bond acceptors (Lipinski definition) is 4. The maximum absolute atomic E-state index is 12.4. The number of fused-ring (bicyclic) bond motifs is 3. The first-order valence-electron chi connectivity index (χ1n) is 6.12. The van der Waals surface area contributed by atoms with E-state index in [-0.39, 0.29) is 18.3 Å². The van der Waals surface area contributed by atoms with Gasteiger partial charge in [-0.1, -0.05) is 16.8 Å². The van der Waals surface area contributed by atoms with Crippen LogP contribution in [0.25, 0.3) is 5.69 Å². The van der Waals surface area contributed by atoms with Gasteiger partial charge >= 0.3 is 0 Å². The summed E-state index contributed by atoms with van der Waals surface area (Å²) >= 11 is 5.98. The molecule has 0 spiro atoms. The van der Waals surface area contributed by atoms with Crippen LogP contribution in [0.3, 0.4) is 0 Å². The predicted octanol–water partition coefficient (Wildman–Crippen LogP) is 1.21. The fraction of sp³-hybridized carbons (Fsp3) is 0.154. The summed E-state index contributed by atoms with van der Waals surface area (Å²) in [5, 5.41) is 12.3. The first kappa shape index (κ1) is 13.4. The number of carbonyl (C=O) groups is 1. The van der Waals surface area contributed by atoms with E-state index in [1.165, 1.54) is 4.90 Å². The molecule has 2 heterocycles. The van der Waals surface area contributed by atoms with Gasteiger partial charge in [0.1, 0.15) is 12.0 Å². The van der Waals surface area contributed by atoms with Crippen molar-refractivity contribution in [3.05, 3.63) is 46.5 Å². The van der Waals surface area contributed by atoms with Crippen molar-refractivity contribution in [3.8, 4) is 5.69 Å². The number of carbonyl (C=O) groups excluding carboxylic acids is 1. The van der Waals surface area contributed by atoms with Crippen LogP contribution in [0.1, 0.15) is 21.7 Å². The lowest BCUT2D eigenvalue weighted by atomic mass is 10.1. The number of amides is 1. The second-order valence-electron chi connectivity index (χ2n) is 4.72. The molecule has 0 saturated carbocycles. The van der Waals surface area contributed by atoms with Gasteiger partial charge in [-0.15, -0.1) is 0 Å². The molecular formula is C13H12ClN5O2. The molecule has 1 aliphatic rings. The molecule has 3 rings (SSSR count). The van der Waals surface area contributed by atoms with E-state index >= 15 is 0 Å². The average molecular weight is 306 g/mol. The van der Waals surface area contributed by atoms with Gasteiger partial charge in [-0.25, -0.2) is 4.98 Å². The minimum absolute atomic E-state index is 0.0954. The highest BCUT2D eigenvalue weighted by Gasteiger charge is 2.27. The monoisotopic (exact) mass is 305 g/mol. The Morgan fingerprint density at radius 1 is 1.52 bits per heavy atom. The standard InChI is InChI=1S/C13H12ClN5O2/c1-18-5-10-11(12(15)17-21)16-6-19(10)9-3-2-7(14)4-8(9)13(18)20/h2-4,6,21H,5H2,1H3,(H2,15,17). The van der Waals surface area contributed by atoms with Crippen molar-refractivity contribution in [3.63, 3.8) is 0 Å². The quantitative estimate of drug-likeness (QED) is 0.358. The molecule has 0 unspecified atom stereocenters. The Bertz CT molecular complexity index is 768. The number of imidazole rings is 1.